The summed E-state index contributed by atoms with van der Waals surface area (Å²) in [6.07, 6.45) is 1.12. The Morgan fingerprint density at radius 2 is 2.64 bits per heavy atom. The third-order valence-electron chi connectivity index (χ3n) is 2.41. The molecule has 1 unspecified atom stereocenters. The monoisotopic (exact) mass is 210 g/mol. The van der Waals surface area contributed by atoms with E-state index in [0.29, 0.717) is 12.6 Å². The molecule has 2 rings (SSSR count). The van der Waals surface area contributed by atoms with E-state index in [4.69, 9.17) is 0 Å². The molecule has 76 valence electrons. The average molecular weight is 210 g/mol. The van der Waals surface area contributed by atoms with Crippen molar-refractivity contribution in [2.75, 3.05) is 19.6 Å². The van der Waals surface area contributed by atoms with Crippen LogP contribution in [0.2, 0.25) is 0 Å². The summed E-state index contributed by atoms with van der Waals surface area (Å²) in [4.78, 5) is 12.4. The quantitative estimate of drug-likeness (QED) is 0.725. The van der Waals surface area contributed by atoms with Crippen molar-refractivity contribution in [3.05, 3.63) is 22.4 Å². The molecule has 1 fully saturated rings. The fraction of sp³-hybridized carbons (Fsp3) is 0.500. The van der Waals surface area contributed by atoms with Gasteiger partial charge < -0.3 is 10.6 Å². The fourth-order valence-electron chi connectivity index (χ4n) is 1.59. The summed E-state index contributed by atoms with van der Waals surface area (Å²) < 4.78 is 0. The highest BCUT2D eigenvalue weighted by atomic mass is 32.1. The lowest BCUT2D eigenvalue weighted by Crippen LogP contribution is -2.34. The molecule has 2 N–H and O–H groups in total. The van der Waals surface area contributed by atoms with Crippen LogP contribution < -0.4 is 10.6 Å². The molecule has 2 heterocycles. The van der Waals surface area contributed by atoms with E-state index in [-0.39, 0.29) is 5.78 Å². The lowest BCUT2D eigenvalue weighted by Gasteiger charge is -2.09. The lowest BCUT2D eigenvalue weighted by molar-refractivity contribution is 0.0992. The van der Waals surface area contributed by atoms with Gasteiger partial charge in [-0.2, -0.15) is 0 Å². The van der Waals surface area contributed by atoms with Crippen LogP contribution in [0.3, 0.4) is 0 Å². The highest BCUT2D eigenvalue weighted by Crippen LogP contribution is 2.08. The molecule has 1 aromatic heterocycles. The van der Waals surface area contributed by atoms with E-state index >= 15 is 0 Å². The summed E-state index contributed by atoms with van der Waals surface area (Å²) in [6.45, 7) is 2.51. The minimum atomic E-state index is 0.201. The third kappa shape index (κ3) is 2.41. The Hall–Kier alpha value is -0.710. The van der Waals surface area contributed by atoms with Crippen LogP contribution >= 0.6 is 11.3 Å². The van der Waals surface area contributed by atoms with Gasteiger partial charge in [-0.15, -0.1) is 11.3 Å². The first-order valence-electron chi connectivity index (χ1n) is 4.87. The third-order valence-corrected chi connectivity index (χ3v) is 3.32. The van der Waals surface area contributed by atoms with Crippen LogP contribution in [0.15, 0.2) is 17.5 Å². The van der Waals surface area contributed by atoms with Crippen LogP contribution in [-0.2, 0) is 0 Å². The van der Waals surface area contributed by atoms with Crippen LogP contribution in [0.1, 0.15) is 16.1 Å². The van der Waals surface area contributed by atoms with Crippen molar-refractivity contribution in [1.29, 1.82) is 0 Å². The van der Waals surface area contributed by atoms with Crippen molar-refractivity contribution in [2.24, 2.45) is 0 Å². The van der Waals surface area contributed by atoms with Gasteiger partial charge in [-0.3, -0.25) is 4.79 Å². The van der Waals surface area contributed by atoms with Gasteiger partial charge in [-0.25, -0.2) is 0 Å². The van der Waals surface area contributed by atoms with Crippen molar-refractivity contribution in [1.82, 2.24) is 10.6 Å². The zero-order valence-corrected chi connectivity index (χ0v) is 8.77. The van der Waals surface area contributed by atoms with E-state index in [0.717, 1.165) is 24.4 Å². The number of hydrogen-bond donors (Lipinski definition) is 2. The average Bonchev–Trinajstić information content (AvgIpc) is 2.87. The number of rotatable bonds is 4. The Morgan fingerprint density at radius 1 is 1.71 bits per heavy atom. The minimum Gasteiger partial charge on any atom is -0.315 e. The molecule has 0 radical (unpaired) electrons. The molecule has 1 aliphatic heterocycles. The molecule has 1 aliphatic rings. The highest BCUT2D eigenvalue weighted by molar-refractivity contribution is 7.12. The van der Waals surface area contributed by atoms with Crippen LogP contribution in [-0.4, -0.2) is 31.5 Å². The summed E-state index contributed by atoms with van der Waals surface area (Å²) in [5.41, 5.74) is 0. The van der Waals surface area contributed by atoms with Crippen molar-refractivity contribution < 1.29 is 4.79 Å². The molecule has 0 spiro atoms. The number of Topliss-reactive ketones (excluding diaryl/α,β-unsaturated/α-hetero) is 1. The number of nitrogens with one attached hydrogen (secondary N) is 2. The number of hydrogen-bond acceptors (Lipinski definition) is 4. The lowest BCUT2D eigenvalue weighted by atomic mass is 10.2. The molecule has 0 saturated carbocycles. The summed E-state index contributed by atoms with van der Waals surface area (Å²) in [7, 11) is 0. The Balaban J connectivity index is 1.78. The van der Waals surface area contributed by atoms with Crippen LogP contribution in [0.5, 0.6) is 0 Å². The van der Waals surface area contributed by atoms with E-state index < -0.39 is 0 Å². The summed E-state index contributed by atoms with van der Waals surface area (Å²) >= 11 is 1.51. The molecule has 0 aliphatic carbocycles. The van der Waals surface area contributed by atoms with E-state index in [9.17, 15) is 4.79 Å². The smallest absolute Gasteiger partial charge is 0.186 e. The van der Waals surface area contributed by atoms with Gasteiger partial charge in [0.2, 0.25) is 0 Å². The Labute approximate surface area is 87.5 Å². The maximum atomic E-state index is 11.6. The number of thiophene rings is 1. The van der Waals surface area contributed by atoms with Gasteiger partial charge in [0.1, 0.15) is 0 Å². The topological polar surface area (TPSA) is 41.1 Å². The van der Waals surface area contributed by atoms with Gasteiger partial charge >= 0.3 is 0 Å². The van der Waals surface area contributed by atoms with Gasteiger partial charge in [0.15, 0.2) is 5.78 Å². The Bertz CT molecular complexity index is 291. The summed E-state index contributed by atoms with van der Waals surface area (Å²) in [6, 6.07) is 4.26. The normalized spacial score (nSPS) is 21.3. The predicted molar refractivity (Wildman–Crippen MR) is 57.9 cm³/mol. The summed E-state index contributed by atoms with van der Waals surface area (Å²) in [5.74, 6) is 0.201. The van der Waals surface area contributed by atoms with Crippen LogP contribution in [0.25, 0.3) is 0 Å². The standard InChI is InChI=1S/C10H14N2OS/c13-9(10-2-1-5-14-10)7-12-8-3-4-11-6-8/h1-2,5,8,11-12H,3-4,6-7H2. The van der Waals surface area contributed by atoms with E-state index in [1.165, 1.54) is 11.3 Å². The van der Waals surface area contributed by atoms with Crippen molar-refractivity contribution in [2.45, 2.75) is 12.5 Å². The second-order valence-corrected chi connectivity index (χ2v) is 4.42. The molecule has 4 heteroatoms. The fourth-order valence-corrected chi connectivity index (χ4v) is 2.25. The number of carbonyl (C=O) groups excluding carboxylic acids is 1. The second-order valence-electron chi connectivity index (χ2n) is 3.47. The van der Waals surface area contributed by atoms with E-state index in [1.807, 2.05) is 17.5 Å². The first-order valence-corrected chi connectivity index (χ1v) is 5.75. The first-order chi connectivity index (χ1) is 6.86. The van der Waals surface area contributed by atoms with Gasteiger partial charge in [0.25, 0.3) is 0 Å². The van der Waals surface area contributed by atoms with E-state index in [1.54, 1.807) is 0 Å². The van der Waals surface area contributed by atoms with E-state index in [2.05, 4.69) is 10.6 Å². The number of ketones is 1. The Morgan fingerprint density at radius 3 is 3.29 bits per heavy atom. The SMILES string of the molecule is O=C(CNC1CCNC1)c1cccs1. The van der Waals surface area contributed by atoms with Crippen LogP contribution in [0, 0.1) is 0 Å². The molecule has 0 amide bonds. The molecule has 14 heavy (non-hydrogen) atoms. The van der Waals surface area contributed by atoms with Crippen molar-refractivity contribution >= 4 is 17.1 Å². The molecule has 1 atom stereocenters. The first kappa shape index (κ1) is 9.83. The maximum absolute atomic E-state index is 11.6. The predicted octanol–water partition coefficient (Wildman–Crippen LogP) is 0.882. The van der Waals surface area contributed by atoms with Gasteiger partial charge in [0.05, 0.1) is 11.4 Å². The highest BCUT2D eigenvalue weighted by Gasteiger charge is 2.15. The largest absolute Gasteiger partial charge is 0.315 e. The molecule has 0 aromatic carbocycles. The molecular weight excluding hydrogens is 196 g/mol. The second kappa shape index (κ2) is 4.68. The maximum Gasteiger partial charge on any atom is 0.186 e. The van der Waals surface area contributed by atoms with Gasteiger partial charge in [0, 0.05) is 12.6 Å². The molecule has 3 nitrogen and oxygen atoms in total. The zero-order valence-electron chi connectivity index (χ0n) is 7.95. The van der Waals surface area contributed by atoms with Gasteiger partial charge in [-0.1, -0.05) is 6.07 Å². The Kier molecular flexibility index (Phi) is 3.29. The molecule has 0 bridgehead atoms. The molecule has 1 aromatic rings. The summed E-state index contributed by atoms with van der Waals surface area (Å²) in [5, 5.41) is 8.46. The number of carbonyl (C=O) groups is 1. The minimum absolute atomic E-state index is 0.201. The molecular formula is C10H14N2OS. The zero-order chi connectivity index (χ0) is 9.80. The van der Waals surface area contributed by atoms with Gasteiger partial charge in [-0.05, 0) is 24.4 Å². The van der Waals surface area contributed by atoms with Crippen molar-refractivity contribution in [3.8, 4) is 0 Å². The molecule has 1 saturated heterocycles. The van der Waals surface area contributed by atoms with Crippen LogP contribution in [0.4, 0.5) is 0 Å². The van der Waals surface area contributed by atoms with Crippen molar-refractivity contribution in [3.63, 3.8) is 0 Å².